The van der Waals surface area contributed by atoms with Crippen molar-refractivity contribution >= 4 is 17.9 Å². The fourth-order valence-corrected chi connectivity index (χ4v) is 1.45. The summed E-state index contributed by atoms with van der Waals surface area (Å²) in [6, 6.07) is 0. The van der Waals surface area contributed by atoms with Crippen molar-refractivity contribution in [1.82, 2.24) is 0 Å². The summed E-state index contributed by atoms with van der Waals surface area (Å²) >= 11 is 0. The van der Waals surface area contributed by atoms with Gasteiger partial charge in [-0.2, -0.15) is 0 Å². The number of hydrogen-bond acceptors (Lipinski definition) is 9. The summed E-state index contributed by atoms with van der Waals surface area (Å²) < 4.78 is 1.39. The Morgan fingerprint density at radius 3 is 1.43 bits per heavy atom. The van der Waals surface area contributed by atoms with E-state index in [1.807, 2.05) is 21.1 Å². The van der Waals surface area contributed by atoms with Crippen molar-refractivity contribution in [2.24, 2.45) is 0 Å². The Morgan fingerprint density at radius 2 is 1.29 bits per heavy atom. The molecule has 0 saturated heterocycles. The van der Waals surface area contributed by atoms with Gasteiger partial charge in [0.05, 0.1) is 54.9 Å². The van der Waals surface area contributed by atoms with Gasteiger partial charge in [-0.3, -0.25) is 0 Å². The van der Waals surface area contributed by atoms with Gasteiger partial charge in [0.2, 0.25) is 0 Å². The van der Waals surface area contributed by atoms with Crippen LogP contribution in [0.2, 0.25) is 0 Å². The van der Waals surface area contributed by atoms with Crippen molar-refractivity contribution in [3.05, 3.63) is 0 Å². The molecule has 5 N–H and O–H groups in total. The van der Waals surface area contributed by atoms with Crippen LogP contribution in [0.3, 0.4) is 0 Å². The van der Waals surface area contributed by atoms with Gasteiger partial charge in [0, 0.05) is 12.4 Å². The lowest BCUT2D eigenvalue weighted by atomic mass is 10.2. The van der Waals surface area contributed by atoms with E-state index in [2.05, 4.69) is 21.1 Å². The summed E-state index contributed by atoms with van der Waals surface area (Å²) in [6.07, 6.45) is -5.79. The molecule has 0 radical (unpaired) electrons. The smallest absolute Gasteiger partial charge is 0.335 e. The largest absolute Gasteiger partial charge is 0.550 e. The van der Waals surface area contributed by atoms with Gasteiger partial charge in [-0.15, -0.1) is 0 Å². The van der Waals surface area contributed by atoms with Gasteiger partial charge in [0.25, 0.3) is 0 Å². The number of nitrogens with zero attached hydrogens (tertiary/aromatic N) is 2. The van der Waals surface area contributed by atoms with Crippen molar-refractivity contribution in [3.8, 4) is 0 Å². The second kappa shape index (κ2) is 14.2. The predicted octanol–water partition coefficient (Wildman–Crippen LogP) is -5.58. The maximum atomic E-state index is 10.0. The molecule has 0 bridgehead atoms. The molecule has 0 aromatic heterocycles. The second-order valence-electron chi connectivity index (χ2n) is 7.99. The lowest BCUT2D eigenvalue weighted by Crippen LogP contribution is -2.46. The SMILES string of the molecule is C[N+](C)(C)CCO.C[N+](C)(C)C[C@H](O)CC(=O)[O-].O=C([O-])C(O)C(O)C(=O)O. The molecule has 0 aromatic carbocycles. The third kappa shape index (κ3) is 24.2. The number of aliphatic hydroxyl groups excluding tert-OH is 4. The second-order valence-corrected chi connectivity index (χ2v) is 7.99. The number of carbonyl (C=O) groups excluding carboxylic acids is 2. The van der Waals surface area contributed by atoms with E-state index in [4.69, 9.17) is 25.5 Å². The van der Waals surface area contributed by atoms with E-state index >= 15 is 0 Å². The third-order valence-corrected chi connectivity index (χ3v) is 2.73. The molecule has 28 heavy (non-hydrogen) atoms. The van der Waals surface area contributed by atoms with Crippen LogP contribution in [-0.2, 0) is 14.4 Å². The van der Waals surface area contributed by atoms with Crippen LogP contribution in [0.15, 0.2) is 0 Å². The van der Waals surface area contributed by atoms with E-state index in [9.17, 15) is 24.6 Å². The Kier molecular flexibility index (Phi) is 15.7. The molecule has 0 heterocycles. The van der Waals surface area contributed by atoms with Crippen molar-refractivity contribution in [2.75, 3.05) is 62.0 Å². The molecule has 0 aliphatic rings. The van der Waals surface area contributed by atoms with E-state index < -0.39 is 36.2 Å². The average Bonchev–Trinajstić information content (AvgIpc) is 2.42. The highest BCUT2D eigenvalue weighted by Gasteiger charge is 2.24. The molecule has 0 saturated carbocycles. The lowest BCUT2D eigenvalue weighted by Gasteiger charge is -2.26. The standard InChI is InChI=1S/C7H15NO3.C5H14NO.C4H6O6/c1-8(2,3)5-6(9)4-7(10)11;1-6(2,3)4-5-7;5-1(3(7)8)2(6)4(9)10/h6,9H,4-5H2,1-3H3;7H,4-5H2,1-3H3;1-2,5-6H,(H,7,8)(H,9,10)/q;+1;/p-1/t6-;;/m1../s1. The third-order valence-electron chi connectivity index (χ3n) is 2.73. The number of carbonyl (C=O) groups is 3. The van der Waals surface area contributed by atoms with E-state index in [0.29, 0.717) is 11.0 Å². The van der Waals surface area contributed by atoms with Gasteiger partial charge in [0.15, 0.2) is 6.10 Å². The molecule has 168 valence electrons. The predicted molar refractivity (Wildman–Crippen MR) is 93.2 cm³/mol. The zero-order valence-electron chi connectivity index (χ0n) is 17.2. The monoisotopic (exact) mass is 414 g/mol. The Bertz CT molecular complexity index is 453. The summed E-state index contributed by atoms with van der Waals surface area (Å²) in [5, 5.41) is 61.7. The summed E-state index contributed by atoms with van der Waals surface area (Å²) in [4.78, 5) is 29.4. The van der Waals surface area contributed by atoms with Crippen molar-refractivity contribution in [3.63, 3.8) is 0 Å². The highest BCUT2D eigenvalue weighted by Crippen LogP contribution is 1.97. The van der Waals surface area contributed by atoms with Gasteiger partial charge < -0.3 is 54.3 Å². The molecule has 2 unspecified atom stereocenters. The molecule has 12 nitrogen and oxygen atoms in total. The van der Waals surface area contributed by atoms with Crippen molar-refractivity contribution < 1.29 is 59.1 Å². The first kappa shape index (κ1) is 30.9. The van der Waals surface area contributed by atoms with Gasteiger partial charge in [-0.25, -0.2) is 4.79 Å². The highest BCUT2D eigenvalue weighted by atomic mass is 16.4. The molecule has 0 amide bonds. The van der Waals surface area contributed by atoms with Gasteiger partial charge in [0.1, 0.15) is 25.3 Å². The van der Waals surface area contributed by atoms with Crippen molar-refractivity contribution in [2.45, 2.75) is 24.7 Å². The minimum absolute atomic E-state index is 0.281. The number of rotatable bonds is 9. The quantitative estimate of drug-likeness (QED) is 0.227. The minimum Gasteiger partial charge on any atom is -0.550 e. The summed E-state index contributed by atoms with van der Waals surface area (Å²) in [6.45, 7) is 1.54. The number of aliphatic carboxylic acids is 3. The molecule has 3 atom stereocenters. The fourth-order valence-electron chi connectivity index (χ4n) is 1.45. The van der Waals surface area contributed by atoms with Gasteiger partial charge >= 0.3 is 5.97 Å². The first-order chi connectivity index (χ1) is 12.3. The van der Waals surface area contributed by atoms with E-state index in [0.717, 1.165) is 11.0 Å². The van der Waals surface area contributed by atoms with Crippen LogP contribution in [-0.4, -0.2) is 133 Å². The first-order valence-corrected chi connectivity index (χ1v) is 8.23. The van der Waals surface area contributed by atoms with E-state index in [1.165, 1.54) is 0 Å². The normalized spacial score (nSPS) is 14.4. The number of aliphatic hydroxyl groups is 4. The van der Waals surface area contributed by atoms with Crippen LogP contribution < -0.4 is 10.2 Å². The summed E-state index contributed by atoms with van der Waals surface area (Å²) in [7, 11) is 11.8. The van der Waals surface area contributed by atoms with Crippen LogP contribution in [0.25, 0.3) is 0 Å². The molecule has 0 spiro atoms. The number of carboxylic acid groups (broad SMARTS) is 3. The number of quaternary nitrogens is 2. The zero-order valence-corrected chi connectivity index (χ0v) is 17.2. The van der Waals surface area contributed by atoms with Gasteiger partial charge in [-0.05, 0) is 0 Å². The fraction of sp³-hybridized carbons (Fsp3) is 0.812. The number of likely N-dealkylation sites (N-methyl/N-ethyl adjacent to an activating group) is 2. The van der Waals surface area contributed by atoms with E-state index in [-0.39, 0.29) is 13.0 Å². The molecule has 12 heteroatoms. The summed E-state index contributed by atoms with van der Waals surface area (Å²) in [5.74, 6) is -5.03. The van der Waals surface area contributed by atoms with Crippen LogP contribution in [0, 0.1) is 0 Å². The summed E-state index contributed by atoms with van der Waals surface area (Å²) in [5.41, 5.74) is 0. The van der Waals surface area contributed by atoms with Crippen molar-refractivity contribution in [1.29, 1.82) is 0 Å². The van der Waals surface area contributed by atoms with Crippen LogP contribution in [0.5, 0.6) is 0 Å². The lowest BCUT2D eigenvalue weighted by molar-refractivity contribution is -0.873. The average molecular weight is 414 g/mol. The Labute approximate surface area is 164 Å². The Balaban J connectivity index is -0.000000343. The van der Waals surface area contributed by atoms with Gasteiger partial charge in [-0.1, -0.05) is 0 Å². The maximum absolute atomic E-state index is 10.0. The topological polar surface area (TPSA) is 198 Å². The molecule has 0 aliphatic heterocycles. The van der Waals surface area contributed by atoms with Crippen LogP contribution in [0.4, 0.5) is 0 Å². The van der Waals surface area contributed by atoms with E-state index in [1.54, 1.807) is 0 Å². The molecule has 0 aromatic rings. The molecular formula is C16H34N2O10. The number of carboxylic acids is 3. The maximum Gasteiger partial charge on any atom is 0.335 e. The Morgan fingerprint density at radius 1 is 0.857 bits per heavy atom. The highest BCUT2D eigenvalue weighted by molar-refractivity contribution is 5.82. The molecule has 0 rings (SSSR count). The molecule has 0 fully saturated rings. The Hall–Kier alpha value is -1.83. The first-order valence-electron chi connectivity index (χ1n) is 8.23. The minimum atomic E-state index is -2.38. The zero-order chi connectivity index (χ0) is 23.3. The number of hydrogen-bond donors (Lipinski definition) is 5. The van der Waals surface area contributed by atoms with Crippen LogP contribution in [0.1, 0.15) is 6.42 Å². The van der Waals surface area contributed by atoms with Crippen LogP contribution >= 0.6 is 0 Å². The molecule has 0 aliphatic carbocycles. The molecular weight excluding hydrogens is 380 g/mol.